The molecule has 19 heavy (non-hydrogen) atoms. The average Bonchev–Trinajstić information content (AvgIpc) is 2.38. The summed E-state index contributed by atoms with van der Waals surface area (Å²) < 4.78 is 22.9. The van der Waals surface area contributed by atoms with Crippen molar-refractivity contribution in [1.82, 2.24) is 0 Å². The summed E-state index contributed by atoms with van der Waals surface area (Å²) in [5, 5.41) is 11.9. The summed E-state index contributed by atoms with van der Waals surface area (Å²) in [5.41, 5.74) is 8.12. The van der Waals surface area contributed by atoms with Gasteiger partial charge in [-0.15, -0.1) is 0 Å². The van der Waals surface area contributed by atoms with Crippen LogP contribution in [0.3, 0.4) is 0 Å². The number of hydrogen-bond donors (Lipinski definition) is 2. The smallest absolute Gasteiger partial charge is 0.172 e. The van der Waals surface area contributed by atoms with E-state index in [0.29, 0.717) is 18.7 Å². The van der Waals surface area contributed by atoms with Gasteiger partial charge in [-0.2, -0.15) is 0 Å². The average molecular weight is 283 g/mol. The van der Waals surface area contributed by atoms with Crippen LogP contribution in [-0.2, 0) is 9.84 Å². The van der Waals surface area contributed by atoms with Gasteiger partial charge in [0.15, 0.2) is 15.7 Å². The monoisotopic (exact) mass is 283 g/mol. The van der Waals surface area contributed by atoms with E-state index in [1.165, 1.54) is 0 Å². The highest BCUT2D eigenvalue weighted by molar-refractivity contribution is 7.91. The zero-order chi connectivity index (χ0) is 14.0. The lowest BCUT2D eigenvalue weighted by Gasteiger charge is -2.31. The van der Waals surface area contributed by atoms with Gasteiger partial charge in [0, 0.05) is 18.7 Å². The molecule has 0 spiro atoms. The molecular weight excluding hydrogens is 266 g/mol. The van der Waals surface area contributed by atoms with Crippen molar-refractivity contribution in [2.45, 2.75) is 6.92 Å². The number of sulfone groups is 1. The van der Waals surface area contributed by atoms with E-state index in [2.05, 4.69) is 5.16 Å². The molecule has 104 valence electrons. The van der Waals surface area contributed by atoms with Crippen molar-refractivity contribution >= 4 is 21.4 Å². The van der Waals surface area contributed by atoms with Crippen LogP contribution in [0.5, 0.6) is 0 Å². The molecule has 1 aliphatic heterocycles. The molecular formula is C12H17N3O3S. The summed E-state index contributed by atoms with van der Waals surface area (Å²) in [6.07, 6.45) is 0. The first-order valence-corrected chi connectivity index (χ1v) is 7.79. The van der Waals surface area contributed by atoms with Crippen LogP contribution in [0.2, 0.25) is 0 Å². The van der Waals surface area contributed by atoms with Crippen molar-refractivity contribution in [1.29, 1.82) is 0 Å². The Labute approximate surface area is 112 Å². The van der Waals surface area contributed by atoms with Gasteiger partial charge in [0.05, 0.1) is 17.2 Å². The maximum Gasteiger partial charge on any atom is 0.172 e. The van der Waals surface area contributed by atoms with Crippen LogP contribution in [0.1, 0.15) is 11.1 Å². The number of rotatable bonds is 2. The number of nitrogens with two attached hydrogens (primary N) is 1. The second kappa shape index (κ2) is 5.08. The van der Waals surface area contributed by atoms with Crippen LogP contribution in [0, 0.1) is 6.92 Å². The number of oxime groups is 1. The van der Waals surface area contributed by atoms with Gasteiger partial charge in [-0.3, -0.25) is 0 Å². The van der Waals surface area contributed by atoms with Gasteiger partial charge in [-0.1, -0.05) is 17.3 Å². The molecule has 0 saturated carbocycles. The maximum absolute atomic E-state index is 11.5. The van der Waals surface area contributed by atoms with E-state index in [4.69, 9.17) is 10.9 Å². The SMILES string of the molecule is Cc1cccc(/C(N)=N/O)c1N1CCS(=O)(=O)CC1. The molecule has 1 fully saturated rings. The fourth-order valence-electron chi connectivity index (χ4n) is 2.28. The highest BCUT2D eigenvalue weighted by Crippen LogP contribution is 2.26. The Hall–Kier alpha value is -1.76. The normalized spacial score (nSPS) is 19.4. The maximum atomic E-state index is 11.5. The number of amidine groups is 1. The molecule has 0 radical (unpaired) electrons. The van der Waals surface area contributed by atoms with Crippen LogP contribution in [0.15, 0.2) is 23.4 Å². The lowest BCUT2D eigenvalue weighted by atomic mass is 10.1. The summed E-state index contributed by atoms with van der Waals surface area (Å²) in [6.45, 7) is 2.78. The van der Waals surface area contributed by atoms with Crippen molar-refractivity contribution < 1.29 is 13.6 Å². The number of aryl methyl sites for hydroxylation is 1. The Morgan fingerprint density at radius 3 is 2.58 bits per heavy atom. The molecule has 1 saturated heterocycles. The first-order chi connectivity index (χ1) is 8.94. The molecule has 6 nitrogen and oxygen atoms in total. The first-order valence-electron chi connectivity index (χ1n) is 5.97. The topological polar surface area (TPSA) is 96.0 Å². The molecule has 1 aliphatic rings. The minimum Gasteiger partial charge on any atom is -0.409 e. The van der Waals surface area contributed by atoms with Crippen molar-refractivity contribution in [3.05, 3.63) is 29.3 Å². The summed E-state index contributed by atoms with van der Waals surface area (Å²) in [6, 6.07) is 5.51. The Morgan fingerprint density at radius 2 is 2.00 bits per heavy atom. The summed E-state index contributed by atoms with van der Waals surface area (Å²) in [7, 11) is -2.93. The molecule has 0 bridgehead atoms. The van der Waals surface area contributed by atoms with Crippen LogP contribution in [0.25, 0.3) is 0 Å². The number of benzene rings is 1. The molecule has 1 aromatic rings. The zero-order valence-corrected chi connectivity index (χ0v) is 11.5. The van der Waals surface area contributed by atoms with Crippen LogP contribution >= 0.6 is 0 Å². The molecule has 0 aromatic heterocycles. The minimum absolute atomic E-state index is 0.0344. The predicted molar refractivity (Wildman–Crippen MR) is 74.6 cm³/mol. The number of hydrogen-bond acceptors (Lipinski definition) is 5. The van der Waals surface area contributed by atoms with Gasteiger partial charge in [0.2, 0.25) is 0 Å². The standard InChI is InChI=1S/C12H17N3O3S/c1-9-3-2-4-10(12(13)14-16)11(9)15-5-7-19(17,18)8-6-15/h2-4,16H,5-8H2,1H3,(H2,13,14). The second-order valence-electron chi connectivity index (χ2n) is 4.60. The Balaban J connectivity index is 2.40. The van der Waals surface area contributed by atoms with Crippen LogP contribution in [0.4, 0.5) is 5.69 Å². The first kappa shape index (κ1) is 13.7. The molecule has 0 amide bonds. The number of anilines is 1. The third-order valence-electron chi connectivity index (χ3n) is 3.28. The molecule has 0 atom stereocenters. The van der Waals surface area contributed by atoms with Gasteiger partial charge < -0.3 is 15.8 Å². The van der Waals surface area contributed by atoms with E-state index in [1.54, 1.807) is 6.07 Å². The molecule has 1 heterocycles. The largest absolute Gasteiger partial charge is 0.409 e. The number of nitrogens with zero attached hydrogens (tertiary/aromatic N) is 2. The van der Waals surface area contributed by atoms with Crippen molar-refractivity contribution in [2.24, 2.45) is 10.9 Å². The second-order valence-corrected chi connectivity index (χ2v) is 6.90. The Bertz CT molecular complexity index is 597. The molecule has 0 unspecified atom stereocenters. The van der Waals surface area contributed by atoms with Crippen molar-refractivity contribution in [3.63, 3.8) is 0 Å². The third kappa shape index (κ3) is 2.81. The molecule has 7 heteroatoms. The van der Waals surface area contributed by atoms with Gasteiger partial charge in [0.1, 0.15) is 0 Å². The van der Waals surface area contributed by atoms with E-state index < -0.39 is 9.84 Å². The number of para-hydroxylation sites is 1. The molecule has 3 N–H and O–H groups in total. The Morgan fingerprint density at radius 1 is 1.37 bits per heavy atom. The van der Waals surface area contributed by atoms with Gasteiger partial charge in [-0.25, -0.2) is 8.42 Å². The Kier molecular flexibility index (Phi) is 3.66. The van der Waals surface area contributed by atoms with E-state index in [9.17, 15) is 8.42 Å². The van der Waals surface area contributed by atoms with Crippen LogP contribution < -0.4 is 10.6 Å². The van der Waals surface area contributed by atoms with Gasteiger partial charge in [0.25, 0.3) is 0 Å². The lowest BCUT2D eigenvalue weighted by molar-refractivity contribution is 0.318. The van der Waals surface area contributed by atoms with Gasteiger partial charge in [-0.05, 0) is 18.6 Å². The fraction of sp³-hybridized carbons (Fsp3) is 0.417. The van der Waals surface area contributed by atoms with E-state index in [0.717, 1.165) is 11.3 Å². The van der Waals surface area contributed by atoms with E-state index >= 15 is 0 Å². The quantitative estimate of drug-likeness (QED) is 0.353. The van der Waals surface area contributed by atoms with E-state index in [-0.39, 0.29) is 17.3 Å². The minimum atomic E-state index is -2.93. The summed E-state index contributed by atoms with van der Waals surface area (Å²) in [5.74, 6) is 0.306. The summed E-state index contributed by atoms with van der Waals surface area (Å²) >= 11 is 0. The zero-order valence-electron chi connectivity index (χ0n) is 10.7. The molecule has 0 aliphatic carbocycles. The fourth-order valence-corrected chi connectivity index (χ4v) is 3.48. The predicted octanol–water partition coefficient (Wildman–Crippen LogP) is 0.324. The summed E-state index contributed by atoms with van der Waals surface area (Å²) in [4.78, 5) is 1.98. The van der Waals surface area contributed by atoms with E-state index in [1.807, 2.05) is 24.0 Å². The van der Waals surface area contributed by atoms with Crippen molar-refractivity contribution in [3.8, 4) is 0 Å². The molecule has 2 rings (SSSR count). The van der Waals surface area contributed by atoms with Gasteiger partial charge >= 0.3 is 0 Å². The lowest BCUT2D eigenvalue weighted by Crippen LogP contribution is -2.41. The van der Waals surface area contributed by atoms with Crippen LogP contribution in [-0.4, -0.2) is 44.1 Å². The third-order valence-corrected chi connectivity index (χ3v) is 4.89. The van der Waals surface area contributed by atoms with Crippen molar-refractivity contribution in [2.75, 3.05) is 29.5 Å². The molecule has 1 aromatic carbocycles. The highest BCUT2D eigenvalue weighted by Gasteiger charge is 2.24. The highest BCUT2D eigenvalue weighted by atomic mass is 32.2.